The molecule has 0 amide bonds. The summed E-state index contributed by atoms with van der Waals surface area (Å²) in [6.07, 6.45) is 2.73. The van der Waals surface area contributed by atoms with Gasteiger partial charge in [0.1, 0.15) is 5.78 Å². The van der Waals surface area contributed by atoms with Crippen LogP contribution in [0.1, 0.15) is 44.3 Å². The Morgan fingerprint density at radius 2 is 2.06 bits per heavy atom. The molecule has 0 saturated carbocycles. The maximum absolute atomic E-state index is 11.8. The first-order valence-electron chi connectivity index (χ1n) is 6.57. The van der Waals surface area contributed by atoms with Gasteiger partial charge >= 0.3 is 0 Å². The average Bonchev–Trinajstić information content (AvgIpc) is 2.42. The third-order valence-electron chi connectivity index (χ3n) is 2.80. The van der Waals surface area contributed by atoms with Crippen molar-refractivity contribution in [3.63, 3.8) is 0 Å². The third kappa shape index (κ3) is 5.43. The van der Waals surface area contributed by atoms with E-state index in [4.69, 9.17) is 9.84 Å². The molecule has 18 heavy (non-hydrogen) atoms. The average molecular weight is 250 g/mol. The highest BCUT2D eigenvalue weighted by Gasteiger charge is 2.15. The standard InChI is InChI=1S/C15H22O3/c1-2-3-9-14(17)12-15(18-11-10-16)13-7-5-4-6-8-13/h4-8,15-16H,2-3,9-12H2,1H3. The molecule has 0 aromatic heterocycles. The summed E-state index contributed by atoms with van der Waals surface area (Å²) in [6, 6.07) is 9.71. The van der Waals surface area contributed by atoms with Gasteiger partial charge in [0.05, 0.1) is 19.3 Å². The minimum absolute atomic E-state index is 0.0213. The molecule has 0 fully saturated rings. The van der Waals surface area contributed by atoms with E-state index in [2.05, 4.69) is 6.92 Å². The van der Waals surface area contributed by atoms with E-state index >= 15 is 0 Å². The van der Waals surface area contributed by atoms with Crippen LogP contribution in [0.5, 0.6) is 0 Å². The molecular weight excluding hydrogens is 228 g/mol. The number of ether oxygens (including phenoxy) is 1. The van der Waals surface area contributed by atoms with Crippen molar-refractivity contribution in [1.82, 2.24) is 0 Å². The van der Waals surface area contributed by atoms with Crippen molar-refractivity contribution in [3.05, 3.63) is 35.9 Å². The second-order valence-electron chi connectivity index (χ2n) is 4.34. The van der Waals surface area contributed by atoms with Crippen LogP contribution in [0.15, 0.2) is 30.3 Å². The first kappa shape index (κ1) is 14.9. The lowest BCUT2D eigenvalue weighted by Crippen LogP contribution is -2.13. The first-order chi connectivity index (χ1) is 8.77. The summed E-state index contributed by atoms with van der Waals surface area (Å²) in [7, 11) is 0. The number of hydrogen-bond acceptors (Lipinski definition) is 3. The van der Waals surface area contributed by atoms with Gasteiger partial charge in [-0.1, -0.05) is 43.7 Å². The Morgan fingerprint density at radius 3 is 2.67 bits per heavy atom. The first-order valence-corrected chi connectivity index (χ1v) is 6.57. The largest absolute Gasteiger partial charge is 0.394 e. The topological polar surface area (TPSA) is 46.5 Å². The minimum atomic E-state index is -0.234. The molecular formula is C15H22O3. The molecule has 0 radical (unpaired) electrons. The maximum atomic E-state index is 11.8. The normalized spacial score (nSPS) is 12.3. The SMILES string of the molecule is CCCCC(=O)CC(OCCO)c1ccccc1. The van der Waals surface area contributed by atoms with Gasteiger partial charge in [-0.25, -0.2) is 0 Å². The number of ketones is 1. The summed E-state index contributed by atoms with van der Waals surface area (Å²) in [5.41, 5.74) is 0.996. The molecule has 0 aliphatic carbocycles. The molecule has 1 unspecified atom stereocenters. The van der Waals surface area contributed by atoms with E-state index in [1.165, 1.54) is 0 Å². The molecule has 1 aromatic rings. The monoisotopic (exact) mass is 250 g/mol. The van der Waals surface area contributed by atoms with Gasteiger partial charge in [0, 0.05) is 12.8 Å². The predicted octanol–water partition coefficient (Wildman–Crippen LogP) is 2.89. The summed E-state index contributed by atoms with van der Waals surface area (Å²) < 4.78 is 5.56. The van der Waals surface area contributed by atoms with Crippen LogP contribution in [0.4, 0.5) is 0 Å². The molecule has 3 nitrogen and oxygen atoms in total. The van der Waals surface area contributed by atoms with Crippen LogP contribution in [0.25, 0.3) is 0 Å². The van der Waals surface area contributed by atoms with Gasteiger partial charge in [-0.05, 0) is 12.0 Å². The van der Waals surface area contributed by atoms with Crippen LogP contribution >= 0.6 is 0 Å². The molecule has 0 aliphatic heterocycles. The van der Waals surface area contributed by atoms with Gasteiger partial charge in [0.15, 0.2) is 0 Å². The van der Waals surface area contributed by atoms with E-state index in [0.29, 0.717) is 12.8 Å². The highest BCUT2D eigenvalue weighted by atomic mass is 16.5. The zero-order valence-corrected chi connectivity index (χ0v) is 11.0. The van der Waals surface area contributed by atoms with E-state index in [9.17, 15) is 4.79 Å². The van der Waals surface area contributed by atoms with Gasteiger partial charge in [-0.3, -0.25) is 4.79 Å². The number of rotatable bonds is 9. The molecule has 0 aliphatic rings. The van der Waals surface area contributed by atoms with Crippen molar-refractivity contribution in [2.75, 3.05) is 13.2 Å². The number of Topliss-reactive ketones (excluding diaryl/α,β-unsaturated/α-hetero) is 1. The maximum Gasteiger partial charge on any atom is 0.135 e. The lowest BCUT2D eigenvalue weighted by atomic mass is 10.0. The highest BCUT2D eigenvalue weighted by Crippen LogP contribution is 2.22. The molecule has 100 valence electrons. The predicted molar refractivity (Wildman–Crippen MR) is 71.4 cm³/mol. The second kappa shape index (κ2) is 8.84. The molecule has 0 bridgehead atoms. The number of carbonyl (C=O) groups excluding carboxylic acids is 1. The third-order valence-corrected chi connectivity index (χ3v) is 2.80. The second-order valence-corrected chi connectivity index (χ2v) is 4.34. The molecule has 0 spiro atoms. The Kier molecular flexibility index (Phi) is 7.30. The number of hydrogen-bond donors (Lipinski definition) is 1. The van der Waals surface area contributed by atoms with Gasteiger partial charge in [0.2, 0.25) is 0 Å². The number of aliphatic hydroxyl groups excluding tert-OH is 1. The molecule has 3 heteroatoms. The molecule has 0 heterocycles. The van der Waals surface area contributed by atoms with Crippen molar-refractivity contribution >= 4 is 5.78 Å². The summed E-state index contributed by atoms with van der Waals surface area (Å²) in [4.78, 5) is 11.8. The van der Waals surface area contributed by atoms with E-state index in [1.807, 2.05) is 30.3 Å². The van der Waals surface area contributed by atoms with Crippen molar-refractivity contribution in [2.24, 2.45) is 0 Å². The lowest BCUT2D eigenvalue weighted by Gasteiger charge is -2.17. The van der Waals surface area contributed by atoms with Crippen LogP contribution in [-0.4, -0.2) is 24.1 Å². The van der Waals surface area contributed by atoms with Crippen molar-refractivity contribution in [3.8, 4) is 0 Å². The zero-order chi connectivity index (χ0) is 13.2. The van der Waals surface area contributed by atoms with Gasteiger partial charge < -0.3 is 9.84 Å². The van der Waals surface area contributed by atoms with E-state index in [-0.39, 0.29) is 25.1 Å². The zero-order valence-electron chi connectivity index (χ0n) is 11.0. The summed E-state index contributed by atoms with van der Waals surface area (Å²) in [5.74, 6) is 0.226. The molecule has 1 aromatic carbocycles. The van der Waals surface area contributed by atoms with Crippen molar-refractivity contribution < 1.29 is 14.6 Å². The fraction of sp³-hybridized carbons (Fsp3) is 0.533. The Hall–Kier alpha value is -1.19. The minimum Gasteiger partial charge on any atom is -0.394 e. The smallest absolute Gasteiger partial charge is 0.135 e. The van der Waals surface area contributed by atoms with Crippen LogP contribution in [0, 0.1) is 0 Å². The van der Waals surface area contributed by atoms with Gasteiger partial charge in [-0.2, -0.15) is 0 Å². The Balaban J connectivity index is 2.58. The van der Waals surface area contributed by atoms with Crippen LogP contribution in [-0.2, 0) is 9.53 Å². The fourth-order valence-corrected chi connectivity index (χ4v) is 1.82. The van der Waals surface area contributed by atoms with Crippen molar-refractivity contribution in [2.45, 2.75) is 38.7 Å². The number of carbonyl (C=O) groups is 1. The lowest BCUT2D eigenvalue weighted by molar-refractivity contribution is -0.122. The Labute approximate surface area is 109 Å². The summed E-state index contributed by atoms with van der Waals surface area (Å²) in [6.45, 7) is 2.32. The number of unbranched alkanes of at least 4 members (excludes halogenated alkanes) is 1. The molecule has 1 N–H and O–H groups in total. The van der Waals surface area contributed by atoms with E-state index in [0.717, 1.165) is 18.4 Å². The number of aliphatic hydroxyl groups is 1. The highest BCUT2D eigenvalue weighted by molar-refractivity contribution is 5.79. The number of benzene rings is 1. The van der Waals surface area contributed by atoms with Crippen molar-refractivity contribution in [1.29, 1.82) is 0 Å². The van der Waals surface area contributed by atoms with Crippen LogP contribution in [0.2, 0.25) is 0 Å². The summed E-state index contributed by atoms with van der Waals surface area (Å²) >= 11 is 0. The Bertz CT molecular complexity index is 335. The molecule has 1 atom stereocenters. The van der Waals surface area contributed by atoms with Gasteiger partial charge in [0.25, 0.3) is 0 Å². The fourth-order valence-electron chi connectivity index (χ4n) is 1.82. The quantitative estimate of drug-likeness (QED) is 0.733. The molecule has 1 rings (SSSR count). The molecule has 0 saturated heterocycles. The van der Waals surface area contributed by atoms with Gasteiger partial charge in [-0.15, -0.1) is 0 Å². The Morgan fingerprint density at radius 1 is 1.33 bits per heavy atom. The van der Waals surface area contributed by atoms with Crippen LogP contribution < -0.4 is 0 Å². The van der Waals surface area contributed by atoms with E-state index < -0.39 is 0 Å². The summed E-state index contributed by atoms with van der Waals surface area (Å²) in [5, 5.41) is 8.83. The van der Waals surface area contributed by atoms with E-state index in [1.54, 1.807) is 0 Å². The van der Waals surface area contributed by atoms with Crippen LogP contribution in [0.3, 0.4) is 0 Å².